The second-order valence-corrected chi connectivity index (χ2v) is 6.47. The van der Waals surface area contributed by atoms with Crippen molar-refractivity contribution in [2.75, 3.05) is 45.3 Å². The zero-order valence-electron chi connectivity index (χ0n) is 15.6. The predicted octanol–water partition coefficient (Wildman–Crippen LogP) is 2.51. The second kappa shape index (κ2) is 8.19. The van der Waals surface area contributed by atoms with Crippen LogP contribution in [0.2, 0.25) is 0 Å². The van der Waals surface area contributed by atoms with Crippen LogP contribution in [0.4, 0.5) is 5.82 Å². The first-order valence-corrected chi connectivity index (χ1v) is 8.77. The molecule has 0 spiro atoms. The van der Waals surface area contributed by atoms with Gasteiger partial charge in [-0.3, -0.25) is 4.90 Å². The summed E-state index contributed by atoms with van der Waals surface area (Å²) in [4.78, 5) is 20.9. The van der Waals surface area contributed by atoms with Crippen LogP contribution in [0.3, 0.4) is 0 Å². The summed E-state index contributed by atoms with van der Waals surface area (Å²) in [5.74, 6) is 0.685. The molecule has 0 radical (unpaired) electrons. The molecule has 0 atom stereocenters. The van der Waals surface area contributed by atoms with E-state index in [1.807, 2.05) is 6.07 Å². The summed E-state index contributed by atoms with van der Waals surface area (Å²) >= 11 is 0. The quantitative estimate of drug-likeness (QED) is 0.768. The van der Waals surface area contributed by atoms with Crippen LogP contribution in [0.1, 0.15) is 21.5 Å². The van der Waals surface area contributed by atoms with Gasteiger partial charge in [-0.05, 0) is 24.6 Å². The minimum absolute atomic E-state index is 0.302. The summed E-state index contributed by atoms with van der Waals surface area (Å²) in [5.41, 5.74) is 2.99. The van der Waals surface area contributed by atoms with Gasteiger partial charge in [0.25, 0.3) is 0 Å². The van der Waals surface area contributed by atoms with E-state index in [9.17, 15) is 4.79 Å². The number of methoxy groups -OCH3 is 2. The number of ether oxygens (including phenoxy) is 2. The van der Waals surface area contributed by atoms with Crippen molar-refractivity contribution in [2.24, 2.45) is 0 Å². The average molecular weight is 355 g/mol. The number of rotatable bonds is 5. The molecule has 0 unspecified atom stereocenters. The van der Waals surface area contributed by atoms with Gasteiger partial charge in [-0.15, -0.1) is 0 Å². The summed E-state index contributed by atoms with van der Waals surface area (Å²) in [6, 6.07) is 12.2. The molecular weight excluding hydrogens is 330 g/mol. The molecule has 138 valence electrons. The summed E-state index contributed by atoms with van der Waals surface area (Å²) in [5, 5.41) is 0. The number of esters is 1. The third kappa shape index (κ3) is 4.14. The van der Waals surface area contributed by atoms with Crippen molar-refractivity contribution in [3.8, 4) is 5.88 Å². The van der Waals surface area contributed by atoms with E-state index in [-0.39, 0.29) is 0 Å². The fourth-order valence-corrected chi connectivity index (χ4v) is 3.23. The number of pyridine rings is 1. The maximum atomic E-state index is 11.8. The summed E-state index contributed by atoms with van der Waals surface area (Å²) < 4.78 is 10.0. The van der Waals surface area contributed by atoms with E-state index < -0.39 is 5.97 Å². The number of anilines is 1. The number of hydrogen-bond acceptors (Lipinski definition) is 6. The highest BCUT2D eigenvalue weighted by Crippen LogP contribution is 2.23. The van der Waals surface area contributed by atoms with Crippen LogP contribution >= 0.6 is 0 Å². The monoisotopic (exact) mass is 355 g/mol. The SMILES string of the molecule is COC(=O)c1ccc(N2CCN(Cc3cccc(C)c3)CC2)nc1OC. The zero-order valence-corrected chi connectivity index (χ0v) is 15.6. The zero-order chi connectivity index (χ0) is 18.5. The molecule has 26 heavy (non-hydrogen) atoms. The lowest BCUT2D eigenvalue weighted by Gasteiger charge is -2.35. The number of aromatic nitrogens is 1. The summed E-state index contributed by atoms with van der Waals surface area (Å²) in [6.45, 7) is 6.80. The van der Waals surface area contributed by atoms with E-state index in [2.05, 4.69) is 46.0 Å². The standard InChI is InChI=1S/C20H25N3O3/c1-15-5-4-6-16(13-15)14-22-9-11-23(12-10-22)18-8-7-17(20(24)26-3)19(21-18)25-2/h4-8,13H,9-12,14H2,1-3H3. The van der Waals surface area contributed by atoms with Crippen molar-refractivity contribution in [1.29, 1.82) is 0 Å². The molecular formula is C20H25N3O3. The average Bonchev–Trinajstić information content (AvgIpc) is 2.67. The molecule has 1 saturated heterocycles. The number of carbonyl (C=O) groups is 1. The highest BCUT2D eigenvalue weighted by atomic mass is 16.5. The van der Waals surface area contributed by atoms with Crippen LogP contribution in [-0.4, -0.2) is 56.3 Å². The molecule has 1 aromatic heterocycles. The van der Waals surface area contributed by atoms with Crippen LogP contribution in [-0.2, 0) is 11.3 Å². The Labute approximate surface area is 154 Å². The van der Waals surface area contributed by atoms with Crippen LogP contribution < -0.4 is 9.64 Å². The molecule has 1 aliphatic rings. The molecule has 0 saturated carbocycles. The Balaban J connectivity index is 1.63. The second-order valence-electron chi connectivity index (χ2n) is 6.47. The summed E-state index contributed by atoms with van der Waals surface area (Å²) in [6.07, 6.45) is 0. The van der Waals surface area contributed by atoms with Crippen LogP contribution in [0.25, 0.3) is 0 Å². The van der Waals surface area contributed by atoms with Crippen molar-refractivity contribution in [3.63, 3.8) is 0 Å². The van der Waals surface area contributed by atoms with Crippen molar-refractivity contribution in [2.45, 2.75) is 13.5 Å². The normalized spacial score (nSPS) is 15.0. The molecule has 2 aromatic rings. The third-order valence-electron chi connectivity index (χ3n) is 4.63. The topological polar surface area (TPSA) is 54.9 Å². The first-order chi connectivity index (χ1) is 12.6. The van der Waals surface area contributed by atoms with Crippen molar-refractivity contribution in [1.82, 2.24) is 9.88 Å². The van der Waals surface area contributed by atoms with Gasteiger partial charge in [0, 0.05) is 32.7 Å². The van der Waals surface area contributed by atoms with Gasteiger partial charge < -0.3 is 14.4 Å². The maximum Gasteiger partial charge on any atom is 0.343 e. The van der Waals surface area contributed by atoms with Gasteiger partial charge in [-0.2, -0.15) is 4.98 Å². The Bertz CT molecular complexity index is 771. The van der Waals surface area contributed by atoms with E-state index in [0.29, 0.717) is 11.4 Å². The van der Waals surface area contributed by atoms with Crippen LogP contribution in [0.15, 0.2) is 36.4 Å². The van der Waals surface area contributed by atoms with E-state index in [1.54, 1.807) is 6.07 Å². The molecule has 0 amide bonds. The molecule has 0 bridgehead atoms. The molecule has 6 heteroatoms. The molecule has 1 aliphatic heterocycles. The van der Waals surface area contributed by atoms with Crippen LogP contribution in [0.5, 0.6) is 5.88 Å². The maximum absolute atomic E-state index is 11.8. The largest absolute Gasteiger partial charge is 0.480 e. The minimum atomic E-state index is -0.441. The molecule has 6 nitrogen and oxygen atoms in total. The number of nitrogens with zero attached hydrogens (tertiary/aromatic N) is 3. The molecule has 1 aromatic carbocycles. The van der Waals surface area contributed by atoms with E-state index in [4.69, 9.17) is 9.47 Å². The number of benzene rings is 1. The number of aryl methyl sites for hydroxylation is 1. The highest BCUT2D eigenvalue weighted by molar-refractivity contribution is 5.92. The highest BCUT2D eigenvalue weighted by Gasteiger charge is 2.21. The number of carbonyl (C=O) groups excluding carboxylic acids is 1. The van der Waals surface area contributed by atoms with Crippen molar-refractivity contribution in [3.05, 3.63) is 53.1 Å². The molecule has 0 aliphatic carbocycles. The Morgan fingerprint density at radius 2 is 1.88 bits per heavy atom. The van der Waals surface area contributed by atoms with Gasteiger partial charge in [-0.1, -0.05) is 29.8 Å². The van der Waals surface area contributed by atoms with Gasteiger partial charge >= 0.3 is 5.97 Å². The predicted molar refractivity (Wildman–Crippen MR) is 101 cm³/mol. The van der Waals surface area contributed by atoms with E-state index >= 15 is 0 Å². The Hall–Kier alpha value is -2.60. The minimum Gasteiger partial charge on any atom is -0.480 e. The fraction of sp³-hybridized carbons (Fsp3) is 0.400. The lowest BCUT2D eigenvalue weighted by molar-refractivity contribution is 0.0596. The van der Waals surface area contributed by atoms with Gasteiger partial charge in [0.2, 0.25) is 5.88 Å². The van der Waals surface area contributed by atoms with Crippen LogP contribution in [0, 0.1) is 6.92 Å². The third-order valence-corrected chi connectivity index (χ3v) is 4.63. The lowest BCUT2D eigenvalue weighted by atomic mass is 10.1. The molecule has 1 fully saturated rings. The van der Waals surface area contributed by atoms with E-state index in [0.717, 1.165) is 38.5 Å². The number of hydrogen-bond donors (Lipinski definition) is 0. The van der Waals surface area contributed by atoms with E-state index in [1.165, 1.54) is 25.3 Å². The Morgan fingerprint density at radius 3 is 2.54 bits per heavy atom. The Morgan fingerprint density at radius 1 is 1.12 bits per heavy atom. The number of piperazine rings is 1. The Kier molecular flexibility index (Phi) is 5.73. The van der Waals surface area contributed by atoms with Gasteiger partial charge in [-0.25, -0.2) is 4.79 Å². The lowest BCUT2D eigenvalue weighted by Crippen LogP contribution is -2.46. The van der Waals surface area contributed by atoms with Crippen molar-refractivity contribution >= 4 is 11.8 Å². The van der Waals surface area contributed by atoms with Crippen molar-refractivity contribution < 1.29 is 14.3 Å². The molecule has 3 rings (SSSR count). The first-order valence-electron chi connectivity index (χ1n) is 8.77. The smallest absolute Gasteiger partial charge is 0.343 e. The summed E-state index contributed by atoms with van der Waals surface area (Å²) in [7, 11) is 2.86. The molecule has 2 heterocycles. The van der Waals surface area contributed by atoms with Gasteiger partial charge in [0.05, 0.1) is 14.2 Å². The van der Waals surface area contributed by atoms with Gasteiger partial charge in [0.1, 0.15) is 11.4 Å². The van der Waals surface area contributed by atoms with Gasteiger partial charge in [0.15, 0.2) is 0 Å². The molecule has 0 N–H and O–H groups in total. The fourth-order valence-electron chi connectivity index (χ4n) is 3.23. The first kappa shape index (κ1) is 18.2.